The molecule has 1 saturated heterocycles. The summed E-state index contributed by atoms with van der Waals surface area (Å²) in [6.07, 6.45) is 3.40. The van der Waals surface area contributed by atoms with Gasteiger partial charge in [-0.05, 0) is 38.3 Å². The summed E-state index contributed by atoms with van der Waals surface area (Å²) in [5, 5.41) is 3.04. The van der Waals surface area contributed by atoms with Gasteiger partial charge in [0.25, 0.3) is 5.91 Å². The van der Waals surface area contributed by atoms with E-state index in [9.17, 15) is 4.79 Å². The van der Waals surface area contributed by atoms with Crippen LogP contribution in [0.4, 0.5) is 5.69 Å². The molecule has 1 aromatic carbocycles. The minimum absolute atomic E-state index is 0.0480. The van der Waals surface area contributed by atoms with Crippen LogP contribution in [0.5, 0.6) is 0 Å². The molecule has 3 nitrogen and oxygen atoms in total. The van der Waals surface area contributed by atoms with Crippen molar-refractivity contribution >= 4 is 11.6 Å². The number of rotatable bonds is 4. The molecular formula is C15H22N2O. The Morgan fingerprint density at radius 3 is 2.67 bits per heavy atom. The Kier molecular flexibility index (Phi) is 4.24. The SMILES string of the molecule is CCC(C)NC(=O)c1ccccc1N1CCCC1. The van der Waals surface area contributed by atoms with Gasteiger partial charge in [0.15, 0.2) is 0 Å². The molecule has 18 heavy (non-hydrogen) atoms. The summed E-state index contributed by atoms with van der Waals surface area (Å²) in [5.74, 6) is 0.0480. The van der Waals surface area contributed by atoms with Crippen LogP contribution >= 0.6 is 0 Å². The number of anilines is 1. The van der Waals surface area contributed by atoms with Gasteiger partial charge in [-0.15, -0.1) is 0 Å². The minimum atomic E-state index is 0.0480. The highest BCUT2D eigenvalue weighted by atomic mass is 16.1. The fourth-order valence-electron chi connectivity index (χ4n) is 2.30. The number of amides is 1. The first-order valence-electron chi connectivity index (χ1n) is 6.87. The van der Waals surface area contributed by atoms with E-state index in [1.54, 1.807) is 0 Å². The van der Waals surface area contributed by atoms with Crippen molar-refractivity contribution in [3.05, 3.63) is 29.8 Å². The van der Waals surface area contributed by atoms with Gasteiger partial charge in [0.1, 0.15) is 0 Å². The molecule has 1 unspecified atom stereocenters. The van der Waals surface area contributed by atoms with Gasteiger partial charge in [-0.2, -0.15) is 0 Å². The molecule has 0 radical (unpaired) electrons. The summed E-state index contributed by atoms with van der Waals surface area (Å²) < 4.78 is 0. The van der Waals surface area contributed by atoms with Crippen molar-refractivity contribution in [2.45, 2.75) is 39.2 Å². The molecule has 1 aromatic rings. The molecule has 3 heteroatoms. The van der Waals surface area contributed by atoms with Crippen molar-refractivity contribution in [3.8, 4) is 0 Å². The Hall–Kier alpha value is -1.51. The van der Waals surface area contributed by atoms with Crippen molar-refractivity contribution in [1.82, 2.24) is 5.32 Å². The van der Waals surface area contributed by atoms with E-state index < -0.39 is 0 Å². The number of benzene rings is 1. The molecule has 1 N–H and O–H groups in total. The highest BCUT2D eigenvalue weighted by molar-refractivity contribution is 6.00. The van der Waals surface area contributed by atoms with Gasteiger partial charge in [-0.25, -0.2) is 0 Å². The summed E-state index contributed by atoms with van der Waals surface area (Å²) in [7, 11) is 0. The maximum absolute atomic E-state index is 12.3. The summed E-state index contributed by atoms with van der Waals surface area (Å²) in [6, 6.07) is 8.14. The van der Waals surface area contributed by atoms with E-state index in [2.05, 4.69) is 23.2 Å². The first kappa shape index (κ1) is 12.9. The molecule has 1 aliphatic rings. The average Bonchev–Trinajstić information content (AvgIpc) is 2.92. The van der Waals surface area contributed by atoms with E-state index in [0.29, 0.717) is 0 Å². The van der Waals surface area contributed by atoms with Gasteiger partial charge < -0.3 is 10.2 Å². The largest absolute Gasteiger partial charge is 0.371 e. The third-order valence-corrected chi connectivity index (χ3v) is 3.59. The van der Waals surface area contributed by atoms with Crippen molar-refractivity contribution < 1.29 is 4.79 Å². The van der Waals surface area contributed by atoms with Crippen LogP contribution in [0.1, 0.15) is 43.5 Å². The topological polar surface area (TPSA) is 32.3 Å². The molecule has 2 rings (SSSR count). The lowest BCUT2D eigenvalue weighted by atomic mass is 10.1. The number of nitrogens with one attached hydrogen (secondary N) is 1. The molecule has 1 amide bonds. The molecule has 1 aliphatic heterocycles. The zero-order valence-electron chi connectivity index (χ0n) is 11.3. The van der Waals surface area contributed by atoms with Gasteiger partial charge in [0.2, 0.25) is 0 Å². The second kappa shape index (κ2) is 5.89. The summed E-state index contributed by atoms with van der Waals surface area (Å²) >= 11 is 0. The maximum atomic E-state index is 12.3. The van der Waals surface area contributed by atoms with Crippen molar-refractivity contribution in [2.24, 2.45) is 0 Å². The predicted octanol–water partition coefficient (Wildman–Crippen LogP) is 2.82. The second-order valence-corrected chi connectivity index (χ2v) is 4.99. The lowest BCUT2D eigenvalue weighted by Crippen LogP contribution is -2.33. The van der Waals surface area contributed by atoms with Crippen LogP contribution in [0.2, 0.25) is 0 Å². The third kappa shape index (κ3) is 2.84. The van der Waals surface area contributed by atoms with Crippen LogP contribution < -0.4 is 10.2 Å². The highest BCUT2D eigenvalue weighted by Gasteiger charge is 2.19. The van der Waals surface area contributed by atoms with E-state index >= 15 is 0 Å². The van der Waals surface area contributed by atoms with Crippen LogP contribution in [-0.2, 0) is 0 Å². The molecule has 0 saturated carbocycles. The molecule has 98 valence electrons. The molecule has 1 fully saturated rings. The Morgan fingerprint density at radius 1 is 1.33 bits per heavy atom. The number of hydrogen-bond donors (Lipinski definition) is 1. The van der Waals surface area contributed by atoms with Crippen molar-refractivity contribution in [1.29, 1.82) is 0 Å². The molecule has 0 aromatic heterocycles. The lowest BCUT2D eigenvalue weighted by molar-refractivity contribution is 0.0940. The Morgan fingerprint density at radius 2 is 2.00 bits per heavy atom. The van der Waals surface area contributed by atoms with E-state index in [0.717, 1.165) is 30.8 Å². The van der Waals surface area contributed by atoms with E-state index in [4.69, 9.17) is 0 Å². The molecule has 0 bridgehead atoms. The van der Waals surface area contributed by atoms with E-state index in [1.165, 1.54) is 12.8 Å². The van der Waals surface area contributed by atoms with Crippen LogP contribution in [0, 0.1) is 0 Å². The second-order valence-electron chi connectivity index (χ2n) is 4.99. The fourth-order valence-corrected chi connectivity index (χ4v) is 2.30. The highest BCUT2D eigenvalue weighted by Crippen LogP contribution is 2.24. The van der Waals surface area contributed by atoms with Gasteiger partial charge in [0.05, 0.1) is 5.56 Å². The Bertz CT molecular complexity index is 411. The number of para-hydroxylation sites is 1. The molecule has 1 atom stereocenters. The van der Waals surface area contributed by atoms with Crippen LogP contribution in [0.25, 0.3) is 0 Å². The smallest absolute Gasteiger partial charge is 0.253 e. The van der Waals surface area contributed by atoms with E-state index in [-0.39, 0.29) is 11.9 Å². The van der Waals surface area contributed by atoms with Gasteiger partial charge in [-0.3, -0.25) is 4.79 Å². The average molecular weight is 246 g/mol. The zero-order valence-corrected chi connectivity index (χ0v) is 11.3. The quantitative estimate of drug-likeness (QED) is 0.886. The molecule has 1 heterocycles. The number of nitrogens with zero attached hydrogens (tertiary/aromatic N) is 1. The lowest BCUT2D eigenvalue weighted by Gasteiger charge is -2.21. The number of carbonyl (C=O) groups is 1. The Balaban J connectivity index is 2.18. The molecular weight excluding hydrogens is 224 g/mol. The fraction of sp³-hybridized carbons (Fsp3) is 0.533. The standard InChI is InChI=1S/C15H22N2O/c1-3-12(2)16-15(18)13-8-4-5-9-14(13)17-10-6-7-11-17/h4-5,8-9,12H,3,6-7,10-11H2,1-2H3,(H,16,18). The first-order chi connectivity index (χ1) is 8.72. The van der Waals surface area contributed by atoms with Crippen molar-refractivity contribution in [2.75, 3.05) is 18.0 Å². The number of hydrogen-bond acceptors (Lipinski definition) is 2. The predicted molar refractivity (Wildman–Crippen MR) is 75.1 cm³/mol. The van der Waals surface area contributed by atoms with Crippen LogP contribution in [0.3, 0.4) is 0 Å². The third-order valence-electron chi connectivity index (χ3n) is 3.59. The zero-order chi connectivity index (χ0) is 13.0. The number of carbonyl (C=O) groups excluding carboxylic acids is 1. The molecule has 0 aliphatic carbocycles. The normalized spacial score (nSPS) is 16.7. The molecule has 0 spiro atoms. The van der Waals surface area contributed by atoms with Gasteiger partial charge >= 0.3 is 0 Å². The van der Waals surface area contributed by atoms with E-state index in [1.807, 2.05) is 25.1 Å². The monoisotopic (exact) mass is 246 g/mol. The maximum Gasteiger partial charge on any atom is 0.253 e. The Labute approximate surface area is 109 Å². The van der Waals surface area contributed by atoms with Crippen LogP contribution in [0.15, 0.2) is 24.3 Å². The summed E-state index contributed by atoms with van der Waals surface area (Å²) in [4.78, 5) is 14.6. The van der Waals surface area contributed by atoms with Crippen LogP contribution in [-0.4, -0.2) is 25.0 Å². The summed E-state index contributed by atoms with van der Waals surface area (Å²) in [5.41, 5.74) is 1.88. The summed E-state index contributed by atoms with van der Waals surface area (Å²) in [6.45, 7) is 6.24. The van der Waals surface area contributed by atoms with Gasteiger partial charge in [-0.1, -0.05) is 19.1 Å². The van der Waals surface area contributed by atoms with Gasteiger partial charge in [0, 0.05) is 24.8 Å². The van der Waals surface area contributed by atoms with Crippen molar-refractivity contribution in [3.63, 3.8) is 0 Å². The minimum Gasteiger partial charge on any atom is -0.371 e. The first-order valence-corrected chi connectivity index (χ1v) is 6.87.